The first-order valence-electron chi connectivity index (χ1n) is 6.35. The second-order valence-corrected chi connectivity index (χ2v) is 4.65. The fraction of sp³-hybridized carbons (Fsp3) is 0.0625. The summed E-state index contributed by atoms with van der Waals surface area (Å²) in [7, 11) is 1.48. The minimum atomic E-state index is -0.431. The fourth-order valence-electron chi connectivity index (χ4n) is 2.33. The van der Waals surface area contributed by atoms with E-state index < -0.39 is 5.82 Å². The molecular formula is C16H13FN2O2. The second-order valence-electron chi connectivity index (χ2n) is 4.65. The third kappa shape index (κ3) is 2.12. The monoisotopic (exact) mass is 284 g/mol. The first-order valence-corrected chi connectivity index (χ1v) is 6.35. The number of nitrogens with two attached hydrogens (primary N) is 1. The third-order valence-corrected chi connectivity index (χ3v) is 3.40. The molecule has 0 aliphatic carbocycles. The van der Waals surface area contributed by atoms with Crippen molar-refractivity contribution >= 4 is 22.4 Å². The van der Waals surface area contributed by atoms with Crippen LogP contribution in [0.5, 0.6) is 5.75 Å². The molecule has 0 amide bonds. The average molecular weight is 284 g/mol. The number of anilines is 1. The molecule has 3 rings (SSSR count). The first-order chi connectivity index (χ1) is 10.1. The molecule has 106 valence electrons. The van der Waals surface area contributed by atoms with Gasteiger partial charge >= 0.3 is 0 Å². The molecule has 5 heteroatoms. The molecule has 0 unspecified atom stereocenters. The standard InChI is InChI=1S/C16H13FN2O2/c1-21-14-7-9(5-6-12(14)18)16(20)10-8-19-13-4-2-3-11(17)15(10)13/h2-8,19H,18H2,1H3. The quantitative estimate of drug-likeness (QED) is 0.573. The van der Waals surface area contributed by atoms with E-state index in [4.69, 9.17) is 10.5 Å². The maximum atomic E-state index is 13.9. The molecule has 4 nitrogen and oxygen atoms in total. The average Bonchev–Trinajstić information content (AvgIpc) is 2.92. The van der Waals surface area contributed by atoms with Crippen LogP contribution < -0.4 is 10.5 Å². The van der Waals surface area contributed by atoms with Gasteiger partial charge in [-0.05, 0) is 30.3 Å². The number of carbonyl (C=O) groups is 1. The molecule has 3 aromatic rings. The van der Waals surface area contributed by atoms with Crippen LogP contribution in [-0.2, 0) is 0 Å². The zero-order valence-corrected chi connectivity index (χ0v) is 11.3. The Labute approximate surface area is 120 Å². The molecule has 21 heavy (non-hydrogen) atoms. The topological polar surface area (TPSA) is 68.1 Å². The molecule has 0 aliphatic heterocycles. The van der Waals surface area contributed by atoms with Gasteiger partial charge < -0.3 is 15.5 Å². The van der Waals surface area contributed by atoms with Crippen molar-refractivity contribution in [3.05, 3.63) is 59.5 Å². The van der Waals surface area contributed by atoms with Crippen LogP contribution in [0.2, 0.25) is 0 Å². The Balaban J connectivity index is 2.13. The molecule has 0 aliphatic rings. The Morgan fingerprint density at radius 1 is 1.29 bits per heavy atom. The summed E-state index contributed by atoms with van der Waals surface area (Å²) in [5.74, 6) is -0.301. The number of ketones is 1. The summed E-state index contributed by atoms with van der Waals surface area (Å²) in [6.45, 7) is 0. The molecule has 3 N–H and O–H groups in total. The summed E-state index contributed by atoms with van der Waals surface area (Å²) in [6, 6.07) is 9.39. The number of fused-ring (bicyclic) bond motifs is 1. The van der Waals surface area contributed by atoms with Gasteiger partial charge in [-0.25, -0.2) is 4.39 Å². The van der Waals surface area contributed by atoms with Gasteiger partial charge in [-0.2, -0.15) is 0 Å². The number of H-pyrrole nitrogens is 1. The number of hydrogen-bond acceptors (Lipinski definition) is 3. The maximum absolute atomic E-state index is 13.9. The van der Waals surface area contributed by atoms with E-state index in [1.54, 1.807) is 30.3 Å². The van der Waals surface area contributed by atoms with Gasteiger partial charge in [0.05, 0.1) is 18.4 Å². The van der Waals surface area contributed by atoms with Crippen molar-refractivity contribution in [1.82, 2.24) is 4.98 Å². The molecule has 0 radical (unpaired) electrons. The van der Waals surface area contributed by atoms with Gasteiger partial charge in [0.15, 0.2) is 5.78 Å². The van der Waals surface area contributed by atoms with Crippen molar-refractivity contribution in [3.63, 3.8) is 0 Å². The molecule has 1 heterocycles. The lowest BCUT2D eigenvalue weighted by molar-refractivity contribution is 0.104. The number of hydrogen-bond donors (Lipinski definition) is 2. The minimum Gasteiger partial charge on any atom is -0.495 e. The molecule has 2 aromatic carbocycles. The number of aromatic amines is 1. The van der Waals surface area contributed by atoms with Gasteiger partial charge in [0.25, 0.3) is 0 Å². The van der Waals surface area contributed by atoms with Crippen molar-refractivity contribution in [1.29, 1.82) is 0 Å². The highest BCUT2D eigenvalue weighted by molar-refractivity contribution is 6.16. The van der Waals surface area contributed by atoms with Crippen LogP contribution in [0, 0.1) is 5.82 Å². The van der Waals surface area contributed by atoms with Crippen LogP contribution in [0.15, 0.2) is 42.6 Å². The lowest BCUT2D eigenvalue weighted by Crippen LogP contribution is -2.03. The number of carbonyl (C=O) groups excluding carboxylic acids is 1. The number of nitrogens with one attached hydrogen (secondary N) is 1. The van der Waals surface area contributed by atoms with Crippen LogP contribution >= 0.6 is 0 Å². The maximum Gasteiger partial charge on any atom is 0.195 e. The van der Waals surface area contributed by atoms with E-state index in [1.807, 2.05) is 0 Å². The number of aromatic nitrogens is 1. The highest BCUT2D eigenvalue weighted by atomic mass is 19.1. The Hall–Kier alpha value is -2.82. The van der Waals surface area contributed by atoms with Crippen molar-refractivity contribution in [2.75, 3.05) is 12.8 Å². The van der Waals surface area contributed by atoms with E-state index in [0.717, 1.165) is 0 Å². The Morgan fingerprint density at radius 2 is 2.10 bits per heavy atom. The Morgan fingerprint density at radius 3 is 2.86 bits per heavy atom. The summed E-state index contributed by atoms with van der Waals surface area (Å²) in [5, 5.41) is 0.290. The third-order valence-electron chi connectivity index (χ3n) is 3.40. The normalized spacial score (nSPS) is 10.8. The molecular weight excluding hydrogens is 271 g/mol. The molecule has 0 fully saturated rings. The van der Waals surface area contributed by atoms with Crippen LogP contribution in [-0.4, -0.2) is 17.9 Å². The number of halogens is 1. The summed E-state index contributed by atoms with van der Waals surface area (Å²) in [6.07, 6.45) is 1.51. The zero-order valence-electron chi connectivity index (χ0n) is 11.3. The van der Waals surface area contributed by atoms with Gasteiger partial charge in [-0.3, -0.25) is 4.79 Å². The van der Waals surface area contributed by atoms with Crippen LogP contribution in [0.1, 0.15) is 15.9 Å². The van der Waals surface area contributed by atoms with Gasteiger partial charge in [0, 0.05) is 22.7 Å². The Bertz CT molecular complexity index is 839. The van der Waals surface area contributed by atoms with Crippen LogP contribution in [0.25, 0.3) is 10.9 Å². The van der Waals surface area contributed by atoms with Crippen molar-refractivity contribution in [2.24, 2.45) is 0 Å². The largest absolute Gasteiger partial charge is 0.495 e. The van der Waals surface area contributed by atoms with Gasteiger partial charge in [-0.1, -0.05) is 6.07 Å². The SMILES string of the molecule is COc1cc(C(=O)c2c[nH]c3cccc(F)c23)ccc1N. The van der Waals surface area contributed by atoms with Crippen molar-refractivity contribution in [3.8, 4) is 5.75 Å². The number of nitrogen functional groups attached to an aromatic ring is 1. The van der Waals surface area contributed by atoms with Gasteiger partial charge in [-0.15, -0.1) is 0 Å². The number of methoxy groups -OCH3 is 1. The lowest BCUT2D eigenvalue weighted by atomic mass is 10.0. The van der Waals surface area contributed by atoms with Gasteiger partial charge in [0.1, 0.15) is 11.6 Å². The number of rotatable bonds is 3. The van der Waals surface area contributed by atoms with Crippen LogP contribution in [0.4, 0.5) is 10.1 Å². The first kappa shape index (κ1) is 13.2. The highest BCUT2D eigenvalue weighted by Crippen LogP contribution is 2.27. The summed E-state index contributed by atoms with van der Waals surface area (Å²) >= 11 is 0. The van der Waals surface area contributed by atoms with E-state index in [-0.39, 0.29) is 11.3 Å². The van der Waals surface area contributed by atoms with E-state index in [2.05, 4.69) is 4.98 Å². The minimum absolute atomic E-state index is 0.287. The van der Waals surface area contributed by atoms with E-state index in [9.17, 15) is 9.18 Å². The van der Waals surface area contributed by atoms with Crippen LogP contribution in [0.3, 0.4) is 0 Å². The van der Waals surface area contributed by atoms with E-state index >= 15 is 0 Å². The number of ether oxygens (including phenoxy) is 1. The molecule has 0 spiro atoms. The Kier molecular flexibility index (Phi) is 3.10. The smallest absolute Gasteiger partial charge is 0.195 e. The van der Waals surface area contributed by atoms with Crippen molar-refractivity contribution in [2.45, 2.75) is 0 Å². The highest BCUT2D eigenvalue weighted by Gasteiger charge is 2.17. The van der Waals surface area contributed by atoms with Crippen molar-refractivity contribution < 1.29 is 13.9 Å². The molecule has 0 saturated heterocycles. The summed E-state index contributed by atoms with van der Waals surface area (Å²) < 4.78 is 19.1. The lowest BCUT2D eigenvalue weighted by Gasteiger charge is -2.06. The van der Waals surface area contributed by atoms with E-state index in [0.29, 0.717) is 27.9 Å². The molecule has 0 bridgehead atoms. The summed E-state index contributed by atoms with van der Waals surface area (Å²) in [5.41, 5.74) is 7.44. The fourth-order valence-corrected chi connectivity index (χ4v) is 2.33. The summed E-state index contributed by atoms with van der Waals surface area (Å²) in [4.78, 5) is 15.5. The zero-order chi connectivity index (χ0) is 15.0. The predicted octanol–water partition coefficient (Wildman–Crippen LogP) is 3.13. The predicted molar refractivity (Wildman–Crippen MR) is 79.1 cm³/mol. The van der Waals surface area contributed by atoms with E-state index in [1.165, 1.54) is 19.4 Å². The second kappa shape index (κ2) is 4.94. The molecule has 1 aromatic heterocycles. The molecule has 0 atom stereocenters. The number of benzene rings is 2. The molecule has 0 saturated carbocycles. The van der Waals surface area contributed by atoms with Gasteiger partial charge in [0.2, 0.25) is 0 Å².